The van der Waals surface area contributed by atoms with Gasteiger partial charge in [-0.1, -0.05) is 0 Å². The highest BCUT2D eigenvalue weighted by Gasteiger charge is 2.31. The molecule has 2 aromatic rings. The first kappa shape index (κ1) is 16.3. The number of aryl methyl sites for hydroxylation is 1. The van der Waals surface area contributed by atoms with Gasteiger partial charge in [-0.2, -0.15) is 0 Å². The molecule has 0 radical (unpaired) electrons. The van der Waals surface area contributed by atoms with Gasteiger partial charge in [0.1, 0.15) is 11.6 Å². The zero-order chi connectivity index (χ0) is 17.4. The summed E-state index contributed by atoms with van der Waals surface area (Å²) in [6.45, 7) is 4.43. The molecule has 1 aliphatic rings. The van der Waals surface area contributed by atoms with Gasteiger partial charge < -0.3 is 5.32 Å². The van der Waals surface area contributed by atoms with Crippen LogP contribution >= 0.6 is 0 Å². The number of nitrogens with zero attached hydrogens (tertiary/aromatic N) is 3. The van der Waals surface area contributed by atoms with Crippen LogP contribution < -0.4 is 10.9 Å². The van der Waals surface area contributed by atoms with Gasteiger partial charge in [0.25, 0.3) is 5.56 Å². The summed E-state index contributed by atoms with van der Waals surface area (Å²) in [5, 5.41) is 2.76. The monoisotopic (exact) mass is 330 g/mol. The minimum Gasteiger partial charge on any atom is -0.325 e. The Balaban J connectivity index is 1.73. The highest BCUT2D eigenvalue weighted by Crippen LogP contribution is 2.21. The number of carbonyl (C=O) groups excluding carboxylic acids is 1. The molecule has 1 aromatic carbocycles. The molecular formula is C17H19FN4O2. The van der Waals surface area contributed by atoms with Crippen LogP contribution in [0.25, 0.3) is 0 Å². The van der Waals surface area contributed by atoms with E-state index in [9.17, 15) is 14.0 Å². The highest BCUT2D eigenvalue weighted by molar-refractivity contribution is 5.94. The van der Waals surface area contributed by atoms with Gasteiger partial charge in [0.15, 0.2) is 0 Å². The molecule has 1 aliphatic heterocycles. The van der Waals surface area contributed by atoms with Gasteiger partial charge in [0, 0.05) is 25.8 Å². The number of benzene rings is 1. The first-order chi connectivity index (χ1) is 11.4. The maximum absolute atomic E-state index is 12.9. The number of fused-ring (bicyclic) bond motifs is 1. The van der Waals surface area contributed by atoms with Crippen LogP contribution in [0.5, 0.6) is 0 Å². The third-order valence-electron chi connectivity index (χ3n) is 4.45. The summed E-state index contributed by atoms with van der Waals surface area (Å²) in [5.74, 6) is 0.0975. The largest absolute Gasteiger partial charge is 0.325 e. The minimum absolute atomic E-state index is 0.0638. The molecule has 1 amide bonds. The Hall–Kier alpha value is -2.54. The fourth-order valence-electron chi connectivity index (χ4n) is 2.77. The number of rotatable bonds is 3. The van der Waals surface area contributed by atoms with Crippen LogP contribution in [-0.4, -0.2) is 26.4 Å². The summed E-state index contributed by atoms with van der Waals surface area (Å²) in [5.41, 5.74) is 1.85. The van der Waals surface area contributed by atoms with Crippen molar-refractivity contribution >= 4 is 11.6 Å². The SMILES string of the molecule is Cc1nc2c(c(=O)n1C)CN([C@H](C)C(=O)Nc1ccc(F)cc1)C2. The van der Waals surface area contributed by atoms with Crippen LogP contribution in [0.1, 0.15) is 24.0 Å². The molecule has 0 spiro atoms. The molecule has 0 bridgehead atoms. The van der Waals surface area contributed by atoms with Crippen molar-refractivity contribution in [3.05, 3.63) is 57.5 Å². The molecule has 1 N–H and O–H groups in total. The van der Waals surface area contributed by atoms with Gasteiger partial charge in [-0.05, 0) is 38.1 Å². The van der Waals surface area contributed by atoms with Gasteiger partial charge in [0.05, 0.1) is 17.3 Å². The number of hydrogen-bond acceptors (Lipinski definition) is 4. The lowest BCUT2D eigenvalue weighted by Crippen LogP contribution is -2.39. The molecule has 7 heteroatoms. The number of hydrogen-bond donors (Lipinski definition) is 1. The van der Waals surface area contributed by atoms with Crippen molar-refractivity contribution in [3.8, 4) is 0 Å². The third-order valence-corrected chi connectivity index (χ3v) is 4.45. The summed E-state index contributed by atoms with van der Waals surface area (Å²) in [7, 11) is 1.69. The van der Waals surface area contributed by atoms with E-state index in [1.165, 1.54) is 28.8 Å². The number of anilines is 1. The van der Waals surface area contributed by atoms with Gasteiger partial charge in [0.2, 0.25) is 5.91 Å². The Bertz CT molecular complexity index is 845. The summed E-state index contributed by atoms with van der Waals surface area (Å²) >= 11 is 0. The number of halogens is 1. The Kier molecular flexibility index (Phi) is 4.19. The summed E-state index contributed by atoms with van der Waals surface area (Å²) in [6, 6.07) is 5.18. The maximum Gasteiger partial charge on any atom is 0.258 e. The Labute approximate surface area is 138 Å². The lowest BCUT2D eigenvalue weighted by Gasteiger charge is -2.22. The molecule has 2 heterocycles. The number of nitrogens with one attached hydrogen (secondary N) is 1. The van der Waals surface area contributed by atoms with Crippen LogP contribution in [0.3, 0.4) is 0 Å². The van der Waals surface area contributed by atoms with Crippen molar-refractivity contribution in [1.29, 1.82) is 0 Å². The number of carbonyl (C=O) groups is 1. The smallest absolute Gasteiger partial charge is 0.258 e. The predicted molar refractivity (Wildman–Crippen MR) is 88.0 cm³/mol. The molecule has 3 rings (SSSR count). The van der Waals surface area contributed by atoms with E-state index < -0.39 is 6.04 Å². The van der Waals surface area contributed by atoms with Crippen molar-refractivity contribution in [2.24, 2.45) is 7.05 Å². The lowest BCUT2D eigenvalue weighted by molar-refractivity contribution is -0.120. The highest BCUT2D eigenvalue weighted by atomic mass is 19.1. The van der Waals surface area contributed by atoms with Crippen molar-refractivity contribution in [2.45, 2.75) is 33.0 Å². The van der Waals surface area contributed by atoms with Crippen molar-refractivity contribution in [1.82, 2.24) is 14.5 Å². The summed E-state index contributed by atoms with van der Waals surface area (Å²) in [6.07, 6.45) is 0. The van der Waals surface area contributed by atoms with Gasteiger partial charge in [-0.25, -0.2) is 9.37 Å². The second-order valence-corrected chi connectivity index (χ2v) is 6.03. The zero-order valence-electron chi connectivity index (χ0n) is 13.8. The van der Waals surface area contributed by atoms with Crippen LogP contribution in [0.4, 0.5) is 10.1 Å². The molecule has 0 aliphatic carbocycles. The van der Waals surface area contributed by atoms with Crippen LogP contribution in [0.15, 0.2) is 29.1 Å². The molecule has 0 fully saturated rings. The average molecular weight is 330 g/mol. The molecule has 6 nitrogen and oxygen atoms in total. The Morgan fingerprint density at radius 2 is 1.96 bits per heavy atom. The fraction of sp³-hybridized carbons (Fsp3) is 0.353. The second kappa shape index (κ2) is 6.16. The van der Waals surface area contributed by atoms with E-state index in [0.29, 0.717) is 30.2 Å². The molecule has 0 saturated carbocycles. The Morgan fingerprint density at radius 1 is 1.29 bits per heavy atom. The average Bonchev–Trinajstić information content (AvgIpc) is 2.98. The van der Waals surface area contributed by atoms with Crippen molar-refractivity contribution in [3.63, 3.8) is 0 Å². The van der Waals surface area contributed by atoms with Gasteiger partial charge in [-0.3, -0.25) is 19.1 Å². The normalized spacial score (nSPS) is 15.2. The first-order valence-corrected chi connectivity index (χ1v) is 7.72. The van der Waals surface area contributed by atoms with Crippen LogP contribution in [-0.2, 0) is 24.9 Å². The standard InChI is InChI=1S/C17H19FN4O2/c1-10(16(23)20-13-6-4-12(18)5-7-13)22-8-14-15(9-22)19-11(2)21(3)17(14)24/h4-7,10H,8-9H2,1-3H3,(H,20,23)/t10-/m1/s1. The second-order valence-electron chi connectivity index (χ2n) is 6.03. The van der Waals surface area contributed by atoms with E-state index in [0.717, 1.165) is 5.69 Å². The van der Waals surface area contributed by atoms with E-state index in [-0.39, 0.29) is 17.3 Å². The molecule has 1 atom stereocenters. The van der Waals surface area contributed by atoms with Crippen molar-refractivity contribution in [2.75, 3.05) is 5.32 Å². The van der Waals surface area contributed by atoms with Crippen molar-refractivity contribution < 1.29 is 9.18 Å². The number of amides is 1. The molecule has 126 valence electrons. The molecule has 1 aromatic heterocycles. The molecule has 0 unspecified atom stereocenters. The molecule has 24 heavy (non-hydrogen) atoms. The zero-order valence-corrected chi connectivity index (χ0v) is 13.8. The maximum atomic E-state index is 12.9. The van der Waals surface area contributed by atoms with Crippen LogP contribution in [0.2, 0.25) is 0 Å². The van der Waals surface area contributed by atoms with Crippen LogP contribution in [0, 0.1) is 12.7 Å². The quantitative estimate of drug-likeness (QED) is 0.928. The van der Waals surface area contributed by atoms with Gasteiger partial charge >= 0.3 is 0 Å². The third kappa shape index (κ3) is 2.94. The van der Waals surface area contributed by atoms with E-state index in [2.05, 4.69) is 10.3 Å². The Morgan fingerprint density at radius 3 is 2.62 bits per heavy atom. The van der Waals surface area contributed by atoms with E-state index in [1.807, 2.05) is 4.90 Å². The van der Waals surface area contributed by atoms with Gasteiger partial charge in [-0.15, -0.1) is 0 Å². The summed E-state index contributed by atoms with van der Waals surface area (Å²) < 4.78 is 14.4. The lowest BCUT2D eigenvalue weighted by atomic mass is 10.2. The summed E-state index contributed by atoms with van der Waals surface area (Å²) in [4.78, 5) is 31.1. The fourth-order valence-corrected chi connectivity index (χ4v) is 2.77. The predicted octanol–water partition coefficient (Wildman–Crippen LogP) is 1.57. The van der Waals surface area contributed by atoms with E-state index in [4.69, 9.17) is 0 Å². The van der Waals surface area contributed by atoms with E-state index >= 15 is 0 Å². The van der Waals surface area contributed by atoms with E-state index in [1.54, 1.807) is 20.9 Å². The first-order valence-electron chi connectivity index (χ1n) is 7.72. The minimum atomic E-state index is -0.436. The molecular weight excluding hydrogens is 311 g/mol. The molecule has 0 saturated heterocycles. The topological polar surface area (TPSA) is 67.2 Å². The number of aromatic nitrogens is 2.